The van der Waals surface area contributed by atoms with E-state index in [4.69, 9.17) is 0 Å². The van der Waals surface area contributed by atoms with Gasteiger partial charge in [0.15, 0.2) is 0 Å². The van der Waals surface area contributed by atoms with Crippen molar-refractivity contribution in [3.63, 3.8) is 0 Å². The summed E-state index contributed by atoms with van der Waals surface area (Å²) in [6.45, 7) is 0.266. The van der Waals surface area contributed by atoms with Gasteiger partial charge in [-0.25, -0.2) is 0 Å². The fourth-order valence-electron chi connectivity index (χ4n) is 2.52. The average molecular weight is 350 g/mol. The Morgan fingerprint density at radius 2 is 1.76 bits per heavy atom. The van der Waals surface area contributed by atoms with Crippen molar-refractivity contribution in [2.75, 3.05) is 18.2 Å². The molecule has 0 saturated carbocycles. The number of hydrogen-bond donors (Lipinski definition) is 1. The van der Waals surface area contributed by atoms with Crippen molar-refractivity contribution in [2.24, 2.45) is 0 Å². The van der Waals surface area contributed by atoms with Crippen LogP contribution in [0.1, 0.15) is 15.9 Å². The third-order valence-corrected chi connectivity index (χ3v) is 4.84. The normalized spacial score (nSPS) is 16.0. The summed E-state index contributed by atoms with van der Waals surface area (Å²) in [4.78, 5) is 26.6. The van der Waals surface area contributed by atoms with Gasteiger partial charge in [0.25, 0.3) is 5.91 Å². The van der Waals surface area contributed by atoms with E-state index in [1.165, 1.54) is 0 Å². The summed E-state index contributed by atoms with van der Waals surface area (Å²) in [5.41, 5.74) is 1.51. The van der Waals surface area contributed by atoms with Gasteiger partial charge in [-0.05, 0) is 24.3 Å². The van der Waals surface area contributed by atoms with Crippen molar-refractivity contribution < 1.29 is 9.59 Å². The molecule has 1 fully saturated rings. The molecule has 1 heterocycles. The van der Waals surface area contributed by atoms with E-state index in [1.54, 1.807) is 28.8 Å². The molecule has 1 N–H and O–H groups in total. The van der Waals surface area contributed by atoms with Gasteiger partial charge >= 0.3 is 0 Å². The Morgan fingerprint density at radius 1 is 1.08 bits per heavy atom. The zero-order valence-corrected chi connectivity index (χ0v) is 14.5. The maximum atomic E-state index is 12.6. The molecular formula is C20H18N2O2S. The molecule has 0 aromatic heterocycles. The summed E-state index contributed by atoms with van der Waals surface area (Å²) in [5, 5.41) is 2.81. The summed E-state index contributed by atoms with van der Waals surface area (Å²) in [5.74, 6) is 6.81. The first-order valence-electron chi connectivity index (χ1n) is 8.01. The largest absolute Gasteiger partial charge is 0.343 e. The van der Waals surface area contributed by atoms with Crippen LogP contribution in [-0.4, -0.2) is 40.9 Å². The second-order valence-corrected chi connectivity index (χ2v) is 6.54. The fraction of sp³-hybridized carbons (Fsp3) is 0.200. The summed E-state index contributed by atoms with van der Waals surface area (Å²) in [6.07, 6.45) is 0. The molecule has 2 aromatic rings. The van der Waals surface area contributed by atoms with E-state index < -0.39 is 6.04 Å². The van der Waals surface area contributed by atoms with Crippen LogP contribution in [0.4, 0.5) is 0 Å². The molecule has 2 amide bonds. The summed E-state index contributed by atoms with van der Waals surface area (Å²) in [7, 11) is 0. The second-order valence-electron chi connectivity index (χ2n) is 5.54. The van der Waals surface area contributed by atoms with Crippen molar-refractivity contribution >= 4 is 23.6 Å². The molecule has 1 atom stereocenters. The number of nitrogens with one attached hydrogen (secondary N) is 1. The molecule has 1 aliphatic heterocycles. The number of amides is 2. The van der Waals surface area contributed by atoms with Gasteiger partial charge in [0.05, 0.1) is 12.4 Å². The highest BCUT2D eigenvalue weighted by Gasteiger charge is 2.34. The first-order valence-corrected chi connectivity index (χ1v) is 9.16. The second kappa shape index (κ2) is 8.41. The third kappa shape index (κ3) is 4.43. The van der Waals surface area contributed by atoms with Gasteiger partial charge in [-0.3, -0.25) is 9.59 Å². The van der Waals surface area contributed by atoms with Gasteiger partial charge in [0, 0.05) is 16.9 Å². The molecule has 126 valence electrons. The van der Waals surface area contributed by atoms with Gasteiger partial charge in [0.2, 0.25) is 5.91 Å². The van der Waals surface area contributed by atoms with Gasteiger partial charge in [0.1, 0.15) is 6.04 Å². The molecule has 5 heteroatoms. The van der Waals surface area contributed by atoms with Crippen LogP contribution in [0.25, 0.3) is 0 Å². The molecular weight excluding hydrogens is 332 g/mol. The summed E-state index contributed by atoms with van der Waals surface area (Å²) in [6, 6.07) is 18.2. The molecule has 1 saturated heterocycles. The Balaban J connectivity index is 1.58. The van der Waals surface area contributed by atoms with Crippen molar-refractivity contribution in [2.45, 2.75) is 6.04 Å². The monoisotopic (exact) mass is 350 g/mol. The number of hydrogen-bond acceptors (Lipinski definition) is 3. The van der Waals surface area contributed by atoms with Crippen LogP contribution in [0, 0.1) is 11.8 Å². The Hall–Kier alpha value is -2.71. The van der Waals surface area contributed by atoms with Gasteiger partial charge in [-0.15, -0.1) is 11.8 Å². The zero-order valence-electron chi connectivity index (χ0n) is 13.6. The minimum absolute atomic E-state index is 0.110. The van der Waals surface area contributed by atoms with Crippen LogP contribution in [-0.2, 0) is 4.79 Å². The maximum absolute atomic E-state index is 12.6. The predicted molar refractivity (Wildman–Crippen MR) is 100 cm³/mol. The lowest BCUT2D eigenvalue weighted by molar-refractivity contribution is -0.124. The highest BCUT2D eigenvalue weighted by Crippen LogP contribution is 2.23. The minimum atomic E-state index is -0.448. The van der Waals surface area contributed by atoms with Crippen molar-refractivity contribution in [1.29, 1.82) is 0 Å². The number of nitrogens with zero attached hydrogens (tertiary/aromatic N) is 1. The number of carbonyl (C=O) groups is 2. The molecule has 0 aliphatic carbocycles. The van der Waals surface area contributed by atoms with E-state index in [9.17, 15) is 9.59 Å². The maximum Gasteiger partial charge on any atom is 0.255 e. The SMILES string of the molecule is O=C(NCC#Cc1ccccc1)C1CSCN1C(=O)c1ccccc1. The Kier molecular flexibility index (Phi) is 5.76. The molecule has 0 radical (unpaired) electrons. The number of thioether (sulfide) groups is 1. The highest BCUT2D eigenvalue weighted by atomic mass is 32.2. The first kappa shape index (κ1) is 17.1. The van der Waals surface area contributed by atoms with Crippen LogP contribution >= 0.6 is 11.8 Å². The van der Waals surface area contributed by atoms with Gasteiger partial charge < -0.3 is 10.2 Å². The standard InChI is InChI=1S/C20H18N2O2S/c23-19(21-13-7-10-16-8-3-1-4-9-16)18-14-25-15-22(18)20(24)17-11-5-2-6-12-17/h1-6,8-9,11-12,18H,13-15H2,(H,21,23). The Bertz CT molecular complexity index is 797. The highest BCUT2D eigenvalue weighted by molar-refractivity contribution is 7.99. The average Bonchev–Trinajstić information content (AvgIpc) is 3.16. The molecule has 2 aromatic carbocycles. The first-order chi connectivity index (χ1) is 12.3. The quantitative estimate of drug-likeness (QED) is 0.865. The summed E-state index contributed by atoms with van der Waals surface area (Å²) < 4.78 is 0. The molecule has 0 bridgehead atoms. The van der Waals surface area contributed by atoms with E-state index in [0.717, 1.165) is 5.56 Å². The van der Waals surface area contributed by atoms with Gasteiger partial charge in [-0.2, -0.15) is 0 Å². The van der Waals surface area contributed by atoms with E-state index in [1.807, 2.05) is 48.5 Å². The lowest BCUT2D eigenvalue weighted by atomic mass is 10.1. The predicted octanol–water partition coefficient (Wildman–Crippen LogP) is 2.37. The van der Waals surface area contributed by atoms with E-state index in [0.29, 0.717) is 17.2 Å². The molecule has 1 unspecified atom stereocenters. The van der Waals surface area contributed by atoms with Crippen molar-refractivity contribution in [1.82, 2.24) is 10.2 Å². The fourth-order valence-corrected chi connectivity index (χ4v) is 3.68. The molecule has 3 rings (SSSR count). The van der Waals surface area contributed by atoms with Crippen LogP contribution in [0.15, 0.2) is 60.7 Å². The number of rotatable bonds is 3. The van der Waals surface area contributed by atoms with Gasteiger partial charge in [-0.1, -0.05) is 48.2 Å². The smallest absolute Gasteiger partial charge is 0.255 e. The number of carbonyl (C=O) groups excluding carboxylic acids is 2. The Morgan fingerprint density at radius 3 is 2.48 bits per heavy atom. The van der Waals surface area contributed by atoms with E-state index >= 15 is 0 Å². The molecule has 0 spiro atoms. The van der Waals surface area contributed by atoms with E-state index in [2.05, 4.69) is 17.2 Å². The van der Waals surface area contributed by atoms with Crippen LogP contribution in [0.3, 0.4) is 0 Å². The lowest BCUT2D eigenvalue weighted by Crippen LogP contribution is -2.47. The third-order valence-electron chi connectivity index (χ3n) is 3.82. The van der Waals surface area contributed by atoms with Crippen LogP contribution in [0.5, 0.6) is 0 Å². The summed E-state index contributed by atoms with van der Waals surface area (Å²) >= 11 is 1.59. The molecule has 1 aliphatic rings. The number of benzene rings is 2. The molecule has 25 heavy (non-hydrogen) atoms. The van der Waals surface area contributed by atoms with Crippen LogP contribution < -0.4 is 5.32 Å². The lowest BCUT2D eigenvalue weighted by Gasteiger charge is -2.22. The Labute approximate surface area is 151 Å². The zero-order chi connectivity index (χ0) is 17.5. The van der Waals surface area contributed by atoms with E-state index in [-0.39, 0.29) is 18.4 Å². The topological polar surface area (TPSA) is 49.4 Å². The molecule has 4 nitrogen and oxygen atoms in total. The van der Waals surface area contributed by atoms with Crippen molar-refractivity contribution in [3.05, 3.63) is 71.8 Å². The van der Waals surface area contributed by atoms with Crippen molar-refractivity contribution in [3.8, 4) is 11.8 Å². The minimum Gasteiger partial charge on any atom is -0.343 e. The van der Waals surface area contributed by atoms with Crippen LogP contribution in [0.2, 0.25) is 0 Å².